The lowest BCUT2D eigenvalue weighted by Crippen LogP contribution is -2.19. The molecule has 0 fully saturated rings. The second-order valence-corrected chi connectivity index (χ2v) is 6.41. The second kappa shape index (κ2) is 6.59. The molecule has 0 unspecified atom stereocenters. The standard InChI is InChI=1S/C15H14N6OS/c16-6-11-10-4-2-1-3-5-12(10)23-15(11)19-14(22)8-21-9-18-13(7-17)20-21/h9H,1-5,8H2,(H,19,22). The van der Waals surface area contributed by atoms with Gasteiger partial charge in [-0.25, -0.2) is 9.67 Å². The molecular weight excluding hydrogens is 312 g/mol. The molecule has 2 aromatic heterocycles. The van der Waals surface area contributed by atoms with E-state index in [1.807, 2.05) is 6.07 Å². The first-order valence-electron chi connectivity index (χ1n) is 7.35. The zero-order chi connectivity index (χ0) is 16.2. The summed E-state index contributed by atoms with van der Waals surface area (Å²) >= 11 is 1.50. The Morgan fingerprint density at radius 1 is 1.30 bits per heavy atom. The molecule has 1 N–H and O–H groups in total. The fourth-order valence-corrected chi connectivity index (χ4v) is 3.94. The predicted molar refractivity (Wildman–Crippen MR) is 83.7 cm³/mol. The Morgan fingerprint density at radius 3 is 2.87 bits per heavy atom. The SMILES string of the molecule is N#Cc1ncn(CC(=O)Nc2sc3c(c2C#N)CCCCC3)n1. The number of nitriles is 2. The lowest BCUT2D eigenvalue weighted by atomic mass is 10.1. The molecule has 0 atom stereocenters. The van der Waals surface area contributed by atoms with E-state index in [1.165, 1.54) is 33.6 Å². The van der Waals surface area contributed by atoms with Gasteiger partial charge in [-0.15, -0.1) is 16.4 Å². The van der Waals surface area contributed by atoms with E-state index in [0.29, 0.717) is 10.6 Å². The second-order valence-electron chi connectivity index (χ2n) is 5.31. The van der Waals surface area contributed by atoms with Crippen LogP contribution in [0.5, 0.6) is 0 Å². The van der Waals surface area contributed by atoms with Crippen molar-refractivity contribution >= 4 is 22.2 Å². The first kappa shape index (κ1) is 15.2. The molecule has 3 rings (SSSR count). The molecule has 8 heteroatoms. The van der Waals surface area contributed by atoms with E-state index >= 15 is 0 Å². The maximum Gasteiger partial charge on any atom is 0.252 e. The molecule has 0 bridgehead atoms. The predicted octanol–water partition coefficient (Wildman–Crippen LogP) is 1.99. The van der Waals surface area contributed by atoms with Gasteiger partial charge in [0.2, 0.25) is 5.91 Å². The summed E-state index contributed by atoms with van der Waals surface area (Å²) in [7, 11) is 0. The molecule has 116 valence electrons. The summed E-state index contributed by atoms with van der Waals surface area (Å²) in [6, 6.07) is 4.04. The van der Waals surface area contributed by atoms with Crippen molar-refractivity contribution in [3.63, 3.8) is 0 Å². The molecule has 1 aliphatic carbocycles. The monoisotopic (exact) mass is 326 g/mol. The molecule has 2 heterocycles. The number of fused-ring (bicyclic) bond motifs is 1. The molecule has 0 radical (unpaired) electrons. The molecule has 1 aliphatic rings. The number of amides is 1. The van der Waals surface area contributed by atoms with Crippen molar-refractivity contribution in [1.82, 2.24) is 14.8 Å². The molecule has 0 saturated carbocycles. The molecule has 7 nitrogen and oxygen atoms in total. The van der Waals surface area contributed by atoms with Crippen LogP contribution >= 0.6 is 11.3 Å². The molecule has 0 spiro atoms. The van der Waals surface area contributed by atoms with Gasteiger partial charge in [0.25, 0.3) is 5.82 Å². The van der Waals surface area contributed by atoms with Gasteiger partial charge in [0.15, 0.2) is 0 Å². The minimum absolute atomic E-state index is 0.0263. The molecule has 1 amide bonds. The van der Waals surface area contributed by atoms with Crippen molar-refractivity contribution in [1.29, 1.82) is 10.5 Å². The number of rotatable bonds is 3. The van der Waals surface area contributed by atoms with E-state index in [1.54, 1.807) is 0 Å². The van der Waals surface area contributed by atoms with Crippen molar-refractivity contribution in [2.75, 3.05) is 5.32 Å². The van der Waals surface area contributed by atoms with Gasteiger partial charge in [0.1, 0.15) is 30.0 Å². The number of nitrogens with zero attached hydrogens (tertiary/aromatic N) is 5. The Labute approximate surface area is 137 Å². The largest absolute Gasteiger partial charge is 0.315 e. The van der Waals surface area contributed by atoms with Crippen LogP contribution in [0, 0.1) is 22.7 Å². The van der Waals surface area contributed by atoms with Gasteiger partial charge in [0.05, 0.1) is 5.56 Å². The van der Waals surface area contributed by atoms with Gasteiger partial charge >= 0.3 is 0 Å². The van der Waals surface area contributed by atoms with Crippen molar-refractivity contribution in [3.05, 3.63) is 28.2 Å². The van der Waals surface area contributed by atoms with Crippen molar-refractivity contribution in [2.45, 2.75) is 38.6 Å². The smallest absolute Gasteiger partial charge is 0.252 e. The Bertz CT molecular complexity index is 822. The van der Waals surface area contributed by atoms with Gasteiger partial charge in [-0.2, -0.15) is 10.5 Å². The Kier molecular flexibility index (Phi) is 4.35. The maximum absolute atomic E-state index is 12.1. The van der Waals surface area contributed by atoms with E-state index in [9.17, 15) is 10.1 Å². The average molecular weight is 326 g/mol. The molecule has 0 aromatic carbocycles. The summed E-state index contributed by atoms with van der Waals surface area (Å²) in [4.78, 5) is 17.1. The van der Waals surface area contributed by atoms with Crippen LogP contribution in [-0.2, 0) is 24.2 Å². The lowest BCUT2D eigenvalue weighted by molar-refractivity contribution is -0.116. The number of hydrogen-bond donors (Lipinski definition) is 1. The number of carbonyl (C=O) groups excluding carboxylic acids is 1. The third-order valence-electron chi connectivity index (χ3n) is 3.73. The normalized spacial score (nSPS) is 13.5. The van der Waals surface area contributed by atoms with E-state index < -0.39 is 0 Å². The minimum Gasteiger partial charge on any atom is -0.315 e. The minimum atomic E-state index is -0.285. The molecule has 0 aliphatic heterocycles. The molecule has 23 heavy (non-hydrogen) atoms. The highest BCUT2D eigenvalue weighted by Crippen LogP contribution is 2.36. The maximum atomic E-state index is 12.1. The summed E-state index contributed by atoms with van der Waals surface area (Å²) in [6.07, 6.45) is 6.61. The fourth-order valence-electron chi connectivity index (χ4n) is 2.68. The van der Waals surface area contributed by atoms with E-state index in [0.717, 1.165) is 31.2 Å². The highest BCUT2D eigenvalue weighted by molar-refractivity contribution is 7.16. The van der Waals surface area contributed by atoms with E-state index in [-0.39, 0.29) is 18.3 Å². The fraction of sp³-hybridized carbons (Fsp3) is 0.400. The molecule has 0 saturated heterocycles. The first-order valence-corrected chi connectivity index (χ1v) is 8.17. The van der Waals surface area contributed by atoms with Gasteiger partial charge in [-0.05, 0) is 31.2 Å². The Hall–Kier alpha value is -2.71. The van der Waals surface area contributed by atoms with Gasteiger partial charge in [-0.1, -0.05) is 6.42 Å². The third kappa shape index (κ3) is 3.22. The Morgan fingerprint density at radius 2 is 2.13 bits per heavy atom. The van der Waals surface area contributed by atoms with Crippen LogP contribution in [0.2, 0.25) is 0 Å². The van der Waals surface area contributed by atoms with Crippen LogP contribution in [-0.4, -0.2) is 20.7 Å². The molecular formula is C15H14N6OS. The van der Waals surface area contributed by atoms with Crippen LogP contribution in [0.15, 0.2) is 6.33 Å². The Balaban J connectivity index is 1.76. The number of aromatic nitrogens is 3. The van der Waals surface area contributed by atoms with Gasteiger partial charge < -0.3 is 5.32 Å². The lowest BCUT2D eigenvalue weighted by Gasteiger charge is -2.03. The van der Waals surface area contributed by atoms with Crippen molar-refractivity contribution in [2.24, 2.45) is 0 Å². The van der Waals surface area contributed by atoms with Crippen LogP contribution in [0.4, 0.5) is 5.00 Å². The summed E-state index contributed by atoms with van der Waals surface area (Å²) in [6.45, 7) is -0.0396. The van der Waals surface area contributed by atoms with Crippen LogP contribution in [0.3, 0.4) is 0 Å². The number of anilines is 1. The highest BCUT2D eigenvalue weighted by atomic mass is 32.1. The third-order valence-corrected chi connectivity index (χ3v) is 4.94. The molecule has 2 aromatic rings. The zero-order valence-corrected chi connectivity index (χ0v) is 13.2. The van der Waals surface area contributed by atoms with E-state index in [4.69, 9.17) is 5.26 Å². The highest BCUT2D eigenvalue weighted by Gasteiger charge is 2.21. The summed E-state index contributed by atoms with van der Waals surface area (Å²) in [5, 5.41) is 25.4. The van der Waals surface area contributed by atoms with Crippen molar-refractivity contribution < 1.29 is 4.79 Å². The van der Waals surface area contributed by atoms with Crippen LogP contribution in [0.25, 0.3) is 0 Å². The summed E-state index contributed by atoms with van der Waals surface area (Å²) < 4.78 is 1.30. The van der Waals surface area contributed by atoms with E-state index in [2.05, 4.69) is 21.5 Å². The van der Waals surface area contributed by atoms with Crippen molar-refractivity contribution in [3.8, 4) is 12.1 Å². The number of hydrogen-bond acceptors (Lipinski definition) is 6. The number of thiophene rings is 1. The number of nitrogens with one attached hydrogen (secondary N) is 1. The summed E-state index contributed by atoms with van der Waals surface area (Å²) in [5.41, 5.74) is 1.69. The topological polar surface area (TPSA) is 107 Å². The van der Waals surface area contributed by atoms with Crippen LogP contribution < -0.4 is 5.32 Å². The summed E-state index contributed by atoms with van der Waals surface area (Å²) in [5.74, 6) is -0.259. The zero-order valence-electron chi connectivity index (χ0n) is 12.4. The number of aryl methyl sites for hydroxylation is 1. The van der Waals surface area contributed by atoms with Gasteiger partial charge in [-0.3, -0.25) is 4.79 Å². The average Bonchev–Trinajstić information content (AvgIpc) is 3.04. The van der Waals surface area contributed by atoms with Gasteiger partial charge in [0, 0.05) is 4.88 Å². The first-order chi connectivity index (χ1) is 11.2. The quantitative estimate of drug-likeness (QED) is 0.868. The van der Waals surface area contributed by atoms with Crippen LogP contribution in [0.1, 0.15) is 41.1 Å². The number of carbonyl (C=O) groups is 1.